The third-order valence-corrected chi connectivity index (χ3v) is 6.02. The van der Waals surface area contributed by atoms with Crippen molar-refractivity contribution in [2.45, 2.75) is 19.4 Å². The molecule has 5 rings (SSSR count). The Kier molecular flexibility index (Phi) is 5.31. The topological polar surface area (TPSA) is 55.0 Å². The number of nitrogens with two attached hydrogens (primary N) is 1. The van der Waals surface area contributed by atoms with Gasteiger partial charge in [0.25, 0.3) is 0 Å². The standard InChI is InChI=1S/C26H24F2N4/c1-16-12-18(29)15-32(14-16)25-10-11-30-23-9-8-17(13-19(23)25)22-6-3-7-24(31-22)26-20(27)4-2-5-21(26)28/h2-11,13,16,18H,12,14-15,29H2,1H3/t16-,18+/m1/s1. The number of pyridine rings is 2. The summed E-state index contributed by atoms with van der Waals surface area (Å²) in [6, 6.07) is 17.2. The molecule has 0 aliphatic carbocycles. The number of aromatic nitrogens is 2. The molecule has 0 amide bonds. The van der Waals surface area contributed by atoms with Crippen LogP contribution in [0.4, 0.5) is 14.5 Å². The van der Waals surface area contributed by atoms with Crippen molar-refractivity contribution >= 4 is 16.6 Å². The van der Waals surface area contributed by atoms with Gasteiger partial charge in [-0.3, -0.25) is 4.98 Å². The summed E-state index contributed by atoms with van der Waals surface area (Å²) >= 11 is 0. The van der Waals surface area contributed by atoms with Gasteiger partial charge in [0.2, 0.25) is 0 Å². The minimum atomic E-state index is -0.629. The highest BCUT2D eigenvalue weighted by Gasteiger charge is 2.24. The second kappa shape index (κ2) is 8.28. The number of rotatable bonds is 3. The molecule has 2 atom stereocenters. The zero-order valence-electron chi connectivity index (χ0n) is 17.8. The van der Waals surface area contributed by atoms with E-state index in [9.17, 15) is 8.78 Å². The van der Waals surface area contributed by atoms with Crippen LogP contribution in [0.5, 0.6) is 0 Å². The van der Waals surface area contributed by atoms with Gasteiger partial charge in [0.05, 0.1) is 22.5 Å². The highest BCUT2D eigenvalue weighted by Crippen LogP contribution is 2.33. The highest BCUT2D eigenvalue weighted by molar-refractivity contribution is 5.94. The zero-order chi connectivity index (χ0) is 22.2. The van der Waals surface area contributed by atoms with Crippen LogP contribution in [-0.4, -0.2) is 29.1 Å². The smallest absolute Gasteiger partial charge is 0.135 e. The maximum absolute atomic E-state index is 14.3. The number of fused-ring (bicyclic) bond motifs is 1. The minimum Gasteiger partial charge on any atom is -0.369 e. The van der Waals surface area contributed by atoms with Crippen molar-refractivity contribution in [3.63, 3.8) is 0 Å². The molecule has 0 radical (unpaired) electrons. The lowest BCUT2D eigenvalue weighted by Crippen LogP contribution is -2.46. The van der Waals surface area contributed by atoms with Crippen molar-refractivity contribution in [2.75, 3.05) is 18.0 Å². The van der Waals surface area contributed by atoms with Gasteiger partial charge < -0.3 is 10.6 Å². The molecule has 1 aliphatic heterocycles. The maximum atomic E-state index is 14.3. The lowest BCUT2D eigenvalue weighted by molar-refractivity contribution is 0.402. The second-order valence-electron chi connectivity index (χ2n) is 8.57. The number of piperidine rings is 1. The fourth-order valence-corrected chi connectivity index (χ4v) is 4.64. The van der Waals surface area contributed by atoms with E-state index in [2.05, 4.69) is 21.8 Å². The molecular formula is C26H24F2N4. The first-order chi connectivity index (χ1) is 15.5. The zero-order valence-corrected chi connectivity index (χ0v) is 17.8. The van der Waals surface area contributed by atoms with Crippen LogP contribution in [0.3, 0.4) is 0 Å². The predicted molar refractivity (Wildman–Crippen MR) is 124 cm³/mol. The third-order valence-electron chi connectivity index (χ3n) is 6.02. The fraction of sp³-hybridized carbons (Fsp3) is 0.231. The molecule has 0 saturated carbocycles. The van der Waals surface area contributed by atoms with Crippen molar-refractivity contribution < 1.29 is 8.78 Å². The lowest BCUT2D eigenvalue weighted by Gasteiger charge is -2.37. The van der Waals surface area contributed by atoms with Gasteiger partial charge in [-0.1, -0.05) is 25.1 Å². The highest BCUT2D eigenvalue weighted by atomic mass is 19.1. The van der Waals surface area contributed by atoms with Crippen LogP contribution in [0.1, 0.15) is 13.3 Å². The summed E-state index contributed by atoms with van der Waals surface area (Å²) in [4.78, 5) is 11.4. The summed E-state index contributed by atoms with van der Waals surface area (Å²) in [6.07, 6.45) is 2.84. The number of benzene rings is 2. The monoisotopic (exact) mass is 430 g/mol. The molecule has 4 nitrogen and oxygen atoms in total. The molecule has 3 heterocycles. The van der Waals surface area contributed by atoms with Gasteiger partial charge in [-0.15, -0.1) is 0 Å². The summed E-state index contributed by atoms with van der Waals surface area (Å²) in [7, 11) is 0. The Hall–Kier alpha value is -3.38. The van der Waals surface area contributed by atoms with Gasteiger partial charge in [0.1, 0.15) is 11.6 Å². The van der Waals surface area contributed by atoms with Gasteiger partial charge in [0, 0.05) is 42.0 Å². The van der Waals surface area contributed by atoms with Crippen LogP contribution in [0, 0.1) is 17.6 Å². The van der Waals surface area contributed by atoms with Crippen LogP contribution in [0.25, 0.3) is 33.4 Å². The molecule has 0 bridgehead atoms. The average molecular weight is 431 g/mol. The number of halogens is 2. The van der Waals surface area contributed by atoms with E-state index in [0.29, 0.717) is 11.6 Å². The first kappa shape index (κ1) is 20.5. The first-order valence-corrected chi connectivity index (χ1v) is 10.8. The van der Waals surface area contributed by atoms with E-state index in [1.807, 2.05) is 36.5 Å². The second-order valence-corrected chi connectivity index (χ2v) is 8.57. The molecule has 2 aromatic carbocycles. The average Bonchev–Trinajstić information content (AvgIpc) is 2.78. The molecule has 162 valence electrons. The first-order valence-electron chi connectivity index (χ1n) is 10.8. The maximum Gasteiger partial charge on any atom is 0.135 e. The molecule has 2 aromatic heterocycles. The molecule has 0 spiro atoms. The minimum absolute atomic E-state index is 0.117. The molecule has 1 saturated heterocycles. The Bertz CT molecular complexity index is 1260. The van der Waals surface area contributed by atoms with Gasteiger partial charge >= 0.3 is 0 Å². The molecule has 0 unspecified atom stereocenters. The summed E-state index contributed by atoms with van der Waals surface area (Å²) < 4.78 is 28.6. The van der Waals surface area contributed by atoms with Crippen LogP contribution >= 0.6 is 0 Å². The Morgan fingerprint density at radius 3 is 2.47 bits per heavy atom. The Balaban J connectivity index is 1.59. The van der Waals surface area contributed by atoms with E-state index < -0.39 is 11.6 Å². The Morgan fingerprint density at radius 1 is 0.938 bits per heavy atom. The summed E-state index contributed by atoms with van der Waals surface area (Å²) in [5, 5.41) is 1.01. The van der Waals surface area contributed by atoms with E-state index in [1.165, 1.54) is 18.2 Å². The third kappa shape index (κ3) is 3.82. The van der Waals surface area contributed by atoms with E-state index in [4.69, 9.17) is 5.73 Å². The largest absolute Gasteiger partial charge is 0.369 e. The number of hydrogen-bond donors (Lipinski definition) is 1. The number of hydrogen-bond acceptors (Lipinski definition) is 4. The van der Waals surface area contributed by atoms with E-state index in [0.717, 1.165) is 41.7 Å². The van der Waals surface area contributed by atoms with E-state index in [-0.39, 0.29) is 17.3 Å². The van der Waals surface area contributed by atoms with Gasteiger partial charge in [-0.2, -0.15) is 0 Å². The molecular weight excluding hydrogens is 406 g/mol. The van der Waals surface area contributed by atoms with Crippen molar-refractivity contribution in [1.82, 2.24) is 9.97 Å². The summed E-state index contributed by atoms with van der Waals surface area (Å²) in [5.41, 5.74) is 9.91. The van der Waals surface area contributed by atoms with Gasteiger partial charge in [-0.25, -0.2) is 13.8 Å². The van der Waals surface area contributed by atoms with Crippen LogP contribution in [0.15, 0.2) is 66.9 Å². The number of nitrogens with zero attached hydrogens (tertiary/aromatic N) is 3. The van der Waals surface area contributed by atoms with Crippen LogP contribution in [-0.2, 0) is 0 Å². The van der Waals surface area contributed by atoms with Crippen LogP contribution in [0.2, 0.25) is 0 Å². The van der Waals surface area contributed by atoms with Gasteiger partial charge in [0.15, 0.2) is 0 Å². The Labute approximate surface area is 185 Å². The fourth-order valence-electron chi connectivity index (χ4n) is 4.64. The normalized spacial score (nSPS) is 18.8. The molecule has 6 heteroatoms. The van der Waals surface area contributed by atoms with Crippen molar-refractivity contribution in [3.05, 3.63) is 78.5 Å². The van der Waals surface area contributed by atoms with E-state index >= 15 is 0 Å². The van der Waals surface area contributed by atoms with Crippen molar-refractivity contribution in [1.29, 1.82) is 0 Å². The van der Waals surface area contributed by atoms with Gasteiger partial charge in [-0.05, 0) is 54.8 Å². The van der Waals surface area contributed by atoms with E-state index in [1.54, 1.807) is 12.1 Å². The molecule has 32 heavy (non-hydrogen) atoms. The SMILES string of the molecule is C[C@@H]1C[C@H](N)CN(c2ccnc3ccc(-c4cccc(-c5c(F)cccc5F)n4)cc23)C1. The lowest BCUT2D eigenvalue weighted by atomic mass is 9.95. The molecule has 4 aromatic rings. The Morgan fingerprint density at radius 2 is 1.69 bits per heavy atom. The summed E-state index contributed by atoms with van der Waals surface area (Å²) in [6.45, 7) is 3.96. The molecule has 1 fully saturated rings. The predicted octanol–water partition coefficient (Wildman–Crippen LogP) is 5.42. The van der Waals surface area contributed by atoms with Crippen LogP contribution < -0.4 is 10.6 Å². The number of anilines is 1. The molecule has 1 aliphatic rings. The molecule has 2 N–H and O–H groups in total. The summed E-state index contributed by atoms with van der Waals surface area (Å²) in [5.74, 6) is -0.746. The van der Waals surface area contributed by atoms with Crippen molar-refractivity contribution in [3.8, 4) is 22.5 Å². The van der Waals surface area contributed by atoms with Crippen molar-refractivity contribution in [2.24, 2.45) is 11.7 Å². The quantitative estimate of drug-likeness (QED) is 0.472.